The Balaban J connectivity index is 1.42. The third kappa shape index (κ3) is 4.00. The molecule has 1 amide bonds. The molecule has 3 aliphatic rings. The van der Waals surface area contributed by atoms with Crippen LogP contribution in [0.5, 0.6) is 5.75 Å². The van der Waals surface area contributed by atoms with Crippen LogP contribution < -0.4 is 4.74 Å². The Hall–Kier alpha value is -2.56. The van der Waals surface area contributed by atoms with Crippen molar-refractivity contribution in [2.24, 2.45) is 5.92 Å². The number of hydrogen-bond acceptors (Lipinski definition) is 7. The van der Waals surface area contributed by atoms with Gasteiger partial charge in [0.15, 0.2) is 21.8 Å². The Morgan fingerprint density at radius 1 is 1.36 bits per heavy atom. The van der Waals surface area contributed by atoms with Crippen molar-refractivity contribution in [3.63, 3.8) is 0 Å². The standard InChI is InChI=1S/C22H25F2N3O5S/c1-12(21(2,23)24)31-17-7-6-15(33(3,29)30)8-16(17)19(28)27-10-14-9-22(14,11-27)20-25-18(26-32-20)13-4-5-13/h6-8,12-14H,4-5,9-11H2,1-3H3/t12-,14?,22?/m1/s1. The molecule has 2 heterocycles. The molecule has 3 fully saturated rings. The highest BCUT2D eigenvalue weighted by molar-refractivity contribution is 7.90. The van der Waals surface area contributed by atoms with Gasteiger partial charge in [0.1, 0.15) is 5.75 Å². The van der Waals surface area contributed by atoms with E-state index in [1.54, 1.807) is 4.90 Å². The maximum Gasteiger partial charge on any atom is 0.281 e. The molecule has 178 valence electrons. The number of likely N-dealkylation sites (tertiary alicyclic amines) is 1. The third-order valence-electron chi connectivity index (χ3n) is 6.87. The van der Waals surface area contributed by atoms with E-state index >= 15 is 0 Å². The van der Waals surface area contributed by atoms with Crippen LogP contribution in [0.2, 0.25) is 0 Å². The molecule has 3 atom stereocenters. The van der Waals surface area contributed by atoms with E-state index in [-0.39, 0.29) is 22.1 Å². The van der Waals surface area contributed by atoms with Crippen molar-refractivity contribution in [3.8, 4) is 5.75 Å². The van der Waals surface area contributed by atoms with Crippen molar-refractivity contribution < 1.29 is 31.3 Å². The molecule has 0 radical (unpaired) electrons. The zero-order valence-corrected chi connectivity index (χ0v) is 19.4. The molecule has 2 saturated carbocycles. The summed E-state index contributed by atoms with van der Waals surface area (Å²) in [7, 11) is -3.62. The summed E-state index contributed by atoms with van der Waals surface area (Å²) in [6.45, 7) is 2.70. The van der Waals surface area contributed by atoms with Gasteiger partial charge in [0.2, 0.25) is 5.89 Å². The molecule has 1 saturated heterocycles. The Labute approximate surface area is 190 Å². The molecule has 2 aromatic rings. The summed E-state index contributed by atoms with van der Waals surface area (Å²) in [5.41, 5.74) is -0.454. The normalized spacial score (nSPS) is 25.6. The number of aromatic nitrogens is 2. The number of rotatable bonds is 7. The zero-order chi connectivity index (χ0) is 23.8. The fourth-order valence-corrected chi connectivity index (χ4v) is 5.03. The SMILES string of the molecule is C[C@@H](Oc1ccc(S(C)(=O)=O)cc1C(=O)N1CC2CC2(c2nc(C3CC3)no2)C1)C(C)(F)F. The highest BCUT2D eigenvalue weighted by Gasteiger charge is 2.65. The predicted molar refractivity (Wildman–Crippen MR) is 112 cm³/mol. The summed E-state index contributed by atoms with van der Waals surface area (Å²) >= 11 is 0. The molecule has 2 aliphatic carbocycles. The first-order valence-electron chi connectivity index (χ1n) is 10.9. The molecule has 11 heteroatoms. The average molecular weight is 482 g/mol. The lowest BCUT2D eigenvalue weighted by atomic mass is 10.1. The first-order chi connectivity index (χ1) is 15.4. The van der Waals surface area contributed by atoms with Crippen LogP contribution in [0.1, 0.15) is 61.1 Å². The molecule has 2 unspecified atom stereocenters. The number of halogens is 2. The molecule has 1 aromatic heterocycles. The topological polar surface area (TPSA) is 103 Å². The second-order valence-corrected chi connectivity index (χ2v) is 11.6. The van der Waals surface area contributed by atoms with Crippen molar-refractivity contribution >= 4 is 15.7 Å². The van der Waals surface area contributed by atoms with Crippen LogP contribution in [0.15, 0.2) is 27.6 Å². The van der Waals surface area contributed by atoms with Crippen LogP contribution in [-0.4, -0.2) is 60.7 Å². The van der Waals surface area contributed by atoms with Gasteiger partial charge in [-0.25, -0.2) is 17.2 Å². The molecule has 8 nitrogen and oxygen atoms in total. The minimum Gasteiger partial charge on any atom is -0.484 e. The fourth-order valence-electron chi connectivity index (χ4n) is 4.39. The summed E-state index contributed by atoms with van der Waals surface area (Å²) in [4.78, 5) is 19.5. The number of hydrogen-bond donors (Lipinski definition) is 0. The highest BCUT2D eigenvalue weighted by atomic mass is 32.2. The van der Waals surface area contributed by atoms with Crippen LogP contribution in [0, 0.1) is 5.92 Å². The smallest absolute Gasteiger partial charge is 0.281 e. The van der Waals surface area contributed by atoms with E-state index in [0.29, 0.717) is 30.7 Å². The van der Waals surface area contributed by atoms with Crippen LogP contribution in [0.25, 0.3) is 0 Å². The summed E-state index contributed by atoms with van der Waals surface area (Å²) in [5, 5.41) is 4.08. The van der Waals surface area contributed by atoms with E-state index < -0.39 is 33.2 Å². The van der Waals surface area contributed by atoms with Gasteiger partial charge >= 0.3 is 0 Å². The maximum atomic E-state index is 13.7. The molecular weight excluding hydrogens is 456 g/mol. The summed E-state index contributed by atoms with van der Waals surface area (Å²) in [6.07, 6.45) is 2.44. The minimum atomic E-state index is -3.62. The summed E-state index contributed by atoms with van der Waals surface area (Å²) < 4.78 is 62.5. The predicted octanol–water partition coefficient (Wildman–Crippen LogP) is 3.19. The van der Waals surface area contributed by atoms with E-state index in [2.05, 4.69) is 10.1 Å². The summed E-state index contributed by atoms with van der Waals surface area (Å²) in [5.74, 6) is -1.94. The Kier molecular flexibility index (Phi) is 4.86. The van der Waals surface area contributed by atoms with Gasteiger partial charge in [-0.05, 0) is 50.3 Å². The van der Waals surface area contributed by atoms with Gasteiger partial charge in [-0.1, -0.05) is 5.16 Å². The van der Waals surface area contributed by atoms with E-state index in [9.17, 15) is 22.0 Å². The van der Waals surface area contributed by atoms with E-state index in [0.717, 1.165) is 32.4 Å². The first kappa shape index (κ1) is 22.2. The molecule has 0 N–H and O–H groups in total. The van der Waals surface area contributed by atoms with Crippen molar-refractivity contribution in [2.75, 3.05) is 19.3 Å². The van der Waals surface area contributed by atoms with Crippen molar-refractivity contribution in [1.82, 2.24) is 15.0 Å². The van der Waals surface area contributed by atoms with Crippen LogP contribution in [-0.2, 0) is 15.3 Å². The summed E-state index contributed by atoms with van der Waals surface area (Å²) in [6, 6.07) is 3.71. The molecule has 0 spiro atoms. The maximum absolute atomic E-state index is 13.7. The second kappa shape index (κ2) is 7.22. The van der Waals surface area contributed by atoms with Gasteiger partial charge in [0.05, 0.1) is 15.9 Å². The lowest BCUT2D eigenvalue weighted by molar-refractivity contribution is -0.0720. The van der Waals surface area contributed by atoms with Gasteiger partial charge in [0.25, 0.3) is 11.8 Å². The largest absolute Gasteiger partial charge is 0.484 e. The van der Waals surface area contributed by atoms with Crippen molar-refractivity contribution in [1.29, 1.82) is 0 Å². The zero-order valence-electron chi connectivity index (χ0n) is 18.5. The van der Waals surface area contributed by atoms with Crippen LogP contribution in [0.4, 0.5) is 8.78 Å². The molecular formula is C22H25F2N3O5S. The number of piperidine rings is 1. The average Bonchev–Trinajstić information content (AvgIpc) is 3.61. The van der Waals surface area contributed by atoms with Gasteiger partial charge in [-0.15, -0.1) is 0 Å². The Morgan fingerprint density at radius 2 is 2.09 bits per heavy atom. The van der Waals surface area contributed by atoms with E-state index in [1.165, 1.54) is 25.1 Å². The molecule has 1 aliphatic heterocycles. The quantitative estimate of drug-likeness (QED) is 0.598. The van der Waals surface area contributed by atoms with Gasteiger partial charge < -0.3 is 14.2 Å². The van der Waals surface area contributed by atoms with Crippen LogP contribution >= 0.6 is 0 Å². The first-order valence-corrected chi connectivity index (χ1v) is 12.8. The van der Waals surface area contributed by atoms with E-state index in [1.807, 2.05) is 0 Å². The van der Waals surface area contributed by atoms with Gasteiger partial charge in [-0.3, -0.25) is 4.79 Å². The number of alkyl halides is 2. The third-order valence-corrected chi connectivity index (χ3v) is 7.98. The number of benzene rings is 1. The molecule has 5 rings (SSSR count). The fraction of sp³-hybridized carbons (Fsp3) is 0.591. The number of sulfone groups is 1. The monoisotopic (exact) mass is 481 g/mol. The number of fused-ring (bicyclic) bond motifs is 1. The van der Waals surface area contributed by atoms with Crippen molar-refractivity contribution in [3.05, 3.63) is 35.5 Å². The Morgan fingerprint density at radius 3 is 2.73 bits per heavy atom. The number of ether oxygens (including phenoxy) is 1. The molecule has 0 bridgehead atoms. The highest BCUT2D eigenvalue weighted by Crippen LogP contribution is 2.59. The lowest BCUT2D eigenvalue weighted by Gasteiger charge is -2.25. The van der Waals surface area contributed by atoms with Crippen LogP contribution in [0.3, 0.4) is 0 Å². The number of carbonyl (C=O) groups is 1. The van der Waals surface area contributed by atoms with Gasteiger partial charge in [-0.2, -0.15) is 4.98 Å². The number of nitrogens with zero attached hydrogens (tertiary/aromatic N) is 3. The molecule has 1 aromatic carbocycles. The second-order valence-electron chi connectivity index (χ2n) is 9.62. The number of carbonyl (C=O) groups excluding carboxylic acids is 1. The number of amides is 1. The van der Waals surface area contributed by atoms with Crippen molar-refractivity contribution in [2.45, 2.75) is 61.4 Å². The lowest BCUT2D eigenvalue weighted by Crippen LogP contribution is -2.35. The van der Waals surface area contributed by atoms with Gasteiger partial charge in [0, 0.05) is 32.2 Å². The Bertz CT molecular complexity index is 1220. The molecule has 33 heavy (non-hydrogen) atoms. The van der Waals surface area contributed by atoms with E-state index in [4.69, 9.17) is 9.26 Å². The minimum absolute atomic E-state index is 0.0605.